The van der Waals surface area contributed by atoms with E-state index in [1.807, 2.05) is 54.6 Å². The summed E-state index contributed by atoms with van der Waals surface area (Å²) in [7, 11) is 1.27. The average molecular weight is 496 g/mol. The van der Waals surface area contributed by atoms with Crippen LogP contribution in [0.3, 0.4) is 0 Å². The highest BCUT2D eigenvalue weighted by molar-refractivity contribution is 5.87. The molecule has 1 heterocycles. The standard InChI is InChI=1S/C27H25NO6.ClH/c1-17-21-12-13-24(29)23(26(21)34-27(31)22(17)14-25(30)32-2)15-28-19-8-10-20(11-9-19)33-16-18-6-4-3-5-7-18;/h3-13,28-29H,14-16H2,1-2H3;1H. The number of methoxy groups -OCH3 is 1. The Morgan fingerprint density at radius 1 is 1.00 bits per heavy atom. The number of esters is 1. The number of anilines is 1. The predicted molar refractivity (Wildman–Crippen MR) is 136 cm³/mol. The molecule has 0 aliphatic heterocycles. The van der Waals surface area contributed by atoms with E-state index in [9.17, 15) is 14.7 Å². The molecule has 2 N–H and O–H groups in total. The van der Waals surface area contributed by atoms with E-state index in [0.717, 1.165) is 17.0 Å². The second-order valence-corrected chi connectivity index (χ2v) is 7.84. The predicted octanol–water partition coefficient (Wildman–Crippen LogP) is 5.14. The van der Waals surface area contributed by atoms with Crippen LogP contribution >= 0.6 is 12.4 Å². The zero-order chi connectivity index (χ0) is 24.1. The number of fused-ring (bicyclic) bond motifs is 1. The summed E-state index contributed by atoms with van der Waals surface area (Å²) < 4.78 is 16.0. The summed E-state index contributed by atoms with van der Waals surface area (Å²) in [5.41, 5.74) is 2.88. The maximum atomic E-state index is 12.6. The van der Waals surface area contributed by atoms with Crippen LogP contribution in [0.5, 0.6) is 11.5 Å². The van der Waals surface area contributed by atoms with E-state index in [0.29, 0.717) is 23.1 Å². The fourth-order valence-corrected chi connectivity index (χ4v) is 3.69. The van der Waals surface area contributed by atoms with Crippen molar-refractivity contribution in [3.8, 4) is 11.5 Å². The Labute approximate surface area is 208 Å². The first-order valence-corrected chi connectivity index (χ1v) is 10.8. The second-order valence-electron chi connectivity index (χ2n) is 7.84. The molecule has 7 nitrogen and oxygen atoms in total. The molecule has 0 saturated carbocycles. The number of nitrogens with one attached hydrogen (secondary N) is 1. The molecule has 0 aliphatic rings. The van der Waals surface area contributed by atoms with Crippen LogP contribution in [0.1, 0.15) is 22.3 Å². The van der Waals surface area contributed by atoms with Crippen LogP contribution in [0, 0.1) is 6.92 Å². The van der Waals surface area contributed by atoms with Gasteiger partial charge in [-0.1, -0.05) is 30.3 Å². The van der Waals surface area contributed by atoms with Gasteiger partial charge in [-0.15, -0.1) is 12.4 Å². The molecule has 4 aromatic rings. The molecule has 35 heavy (non-hydrogen) atoms. The molecule has 0 radical (unpaired) electrons. The lowest BCUT2D eigenvalue weighted by Gasteiger charge is -2.13. The molecule has 0 amide bonds. The minimum atomic E-state index is -0.623. The topological polar surface area (TPSA) is 98.0 Å². The molecule has 0 atom stereocenters. The number of benzene rings is 3. The van der Waals surface area contributed by atoms with Crippen LogP contribution in [-0.4, -0.2) is 18.2 Å². The Bertz CT molecular complexity index is 1370. The number of hydrogen-bond acceptors (Lipinski definition) is 7. The molecular formula is C27H26ClNO6. The van der Waals surface area contributed by atoms with Gasteiger partial charge in [0.1, 0.15) is 23.7 Å². The summed E-state index contributed by atoms with van der Waals surface area (Å²) in [4.78, 5) is 24.2. The smallest absolute Gasteiger partial charge is 0.340 e. The van der Waals surface area contributed by atoms with Crippen LogP contribution < -0.4 is 15.7 Å². The number of carbonyl (C=O) groups is 1. The minimum absolute atomic E-state index is 0. The first-order chi connectivity index (χ1) is 16.5. The molecule has 182 valence electrons. The van der Waals surface area contributed by atoms with Crippen LogP contribution in [0.4, 0.5) is 5.69 Å². The van der Waals surface area contributed by atoms with E-state index in [4.69, 9.17) is 9.15 Å². The number of phenolic OH excluding ortho intramolecular Hbond substituents is 1. The van der Waals surface area contributed by atoms with Gasteiger partial charge in [0.15, 0.2) is 0 Å². The third-order valence-corrected chi connectivity index (χ3v) is 5.65. The van der Waals surface area contributed by atoms with Gasteiger partial charge in [0.2, 0.25) is 0 Å². The maximum Gasteiger partial charge on any atom is 0.340 e. The Balaban J connectivity index is 0.00000342. The summed E-state index contributed by atoms with van der Waals surface area (Å²) in [5.74, 6) is 0.222. The van der Waals surface area contributed by atoms with Gasteiger partial charge in [-0.3, -0.25) is 4.79 Å². The molecule has 0 aliphatic carbocycles. The number of aryl methyl sites for hydroxylation is 1. The van der Waals surface area contributed by atoms with Crippen molar-refractivity contribution in [3.63, 3.8) is 0 Å². The van der Waals surface area contributed by atoms with E-state index in [1.165, 1.54) is 7.11 Å². The van der Waals surface area contributed by atoms with Crippen LogP contribution in [0.2, 0.25) is 0 Å². The molecule has 4 rings (SSSR count). The highest BCUT2D eigenvalue weighted by atomic mass is 35.5. The third-order valence-electron chi connectivity index (χ3n) is 5.65. The molecule has 8 heteroatoms. The van der Waals surface area contributed by atoms with E-state index in [1.54, 1.807) is 19.1 Å². The summed E-state index contributed by atoms with van der Waals surface area (Å²) >= 11 is 0. The zero-order valence-corrected chi connectivity index (χ0v) is 20.2. The van der Waals surface area contributed by atoms with Crippen molar-refractivity contribution in [3.05, 3.63) is 99.4 Å². The Morgan fingerprint density at radius 2 is 1.71 bits per heavy atom. The quantitative estimate of drug-likeness (QED) is 0.258. The Morgan fingerprint density at radius 3 is 2.40 bits per heavy atom. The highest BCUT2D eigenvalue weighted by Gasteiger charge is 2.18. The summed E-state index contributed by atoms with van der Waals surface area (Å²) in [6.07, 6.45) is -0.173. The van der Waals surface area contributed by atoms with E-state index in [2.05, 4.69) is 10.1 Å². The van der Waals surface area contributed by atoms with Gasteiger partial charge in [0, 0.05) is 17.6 Å². The number of hydrogen-bond donors (Lipinski definition) is 2. The van der Waals surface area contributed by atoms with Crippen molar-refractivity contribution < 1.29 is 23.8 Å². The average Bonchev–Trinajstić information content (AvgIpc) is 2.86. The van der Waals surface area contributed by atoms with Gasteiger partial charge in [0.25, 0.3) is 0 Å². The van der Waals surface area contributed by atoms with Gasteiger partial charge >= 0.3 is 11.6 Å². The van der Waals surface area contributed by atoms with Crippen molar-refractivity contribution in [2.24, 2.45) is 0 Å². The SMILES string of the molecule is COC(=O)Cc1c(C)c2ccc(O)c(CNc3ccc(OCc4ccccc4)cc3)c2oc1=O.Cl. The van der Waals surface area contributed by atoms with Crippen molar-refractivity contribution in [2.75, 3.05) is 12.4 Å². The fraction of sp³-hybridized carbons (Fsp3) is 0.185. The molecular weight excluding hydrogens is 470 g/mol. The number of carbonyl (C=O) groups excluding carboxylic acids is 1. The molecule has 0 spiro atoms. The molecule has 0 saturated heterocycles. The first-order valence-electron chi connectivity index (χ1n) is 10.8. The van der Waals surface area contributed by atoms with E-state index < -0.39 is 11.6 Å². The lowest BCUT2D eigenvalue weighted by Crippen LogP contribution is -2.16. The Kier molecular flexibility index (Phi) is 8.39. The van der Waals surface area contributed by atoms with E-state index >= 15 is 0 Å². The van der Waals surface area contributed by atoms with Crippen molar-refractivity contribution >= 4 is 35.0 Å². The maximum absolute atomic E-state index is 12.6. The minimum Gasteiger partial charge on any atom is -0.507 e. The largest absolute Gasteiger partial charge is 0.507 e. The van der Waals surface area contributed by atoms with Crippen molar-refractivity contribution in [1.82, 2.24) is 0 Å². The Hall–Kier alpha value is -3.97. The van der Waals surface area contributed by atoms with Crippen LogP contribution in [0.25, 0.3) is 11.0 Å². The molecule has 0 fully saturated rings. The van der Waals surface area contributed by atoms with Crippen molar-refractivity contribution in [2.45, 2.75) is 26.5 Å². The summed E-state index contributed by atoms with van der Waals surface area (Å²) in [5, 5.41) is 14.3. The number of aromatic hydroxyl groups is 1. The lowest BCUT2D eigenvalue weighted by atomic mass is 10.0. The van der Waals surface area contributed by atoms with Gasteiger partial charge < -0.3 is 24.3 Å². The van der Waals surface area contributed by atoms with Crippen molar-refractivity contribution in [1.29, 1.82) is 0 Å². The monoisotopic (exact) mass is 495 g/mol. The second kappa shape index (κ2) is 11.4. The van der Waals surface area contributed by atoms with Gasteiger partial charge in [-0.2, -0.15) is 0 Å². The van der Waals surface area contributed by atoms with Gasteiger partial charge in [-0.05, 0) is 54.4 Å². The zero-order valence-electron chi connectivity index (χ0n) is 19.4. The normalized spacial score (nSPS) is 10.5. The fourth-order valence-electron chi connectivity index (χ4n) is 3.69. The first kappa shape index (κ1) is 25.6. The number of phenols is 1. The molecule has 0 bridgehead atoms. The number of halogens is 1. The number of ether oxygens (including phenoxy) is 2. The molecule has 1 aromatic heterocycles. The van der Waals surface area contributed by atoms with Gasteiger partial charge in [-0.25, -0.2) is 4.79 Å². The lowest BCUT2D eigenvalue weighted by molar-refractivity contribution is -0.139. The molecule has 0 unspecified atom stereocenters. The molecule has 3 aromatic carbocycles. The third kappa shape index (κ3) is 5.94. The number of rotatable bonds is 8. The summed E-state index contributed by atoms with van der Waals surface area (Å²) in [6.45, 7) is 2.46. The van der Waals surface area contributed by atoms with Crippen LogP contribution in [-0.2, 0) is 29.1 Å². The van der Waals surface area contributed by atoms with Crippen LogP contribution in [0.15, 0.2) is 75.9 Å². The summed E-state index contributed by atoms with van der Waals surface area (Å²) in [6, 6.07) is 20.6. The highest BCUT2D eigenvalue weighted by Crippen LogP contribution is 2.30. The van der Waals surface area contributed by atoms with Gasteiger partial charge in [0.05, 0.1) is 24.7 Å². The van der Waals surface area contributed by atoms with E-state index in [-0.39, 0.29) is 42.3 Å².